The number of ketones is 1. The lowest BCUT2D eigenvalue weighted by Gasteiger charge is -2.27. The Morgan fingerprint density at radius 2 is 2.00 bits per heavy atom. The van der Waals surface area contributed by atoms with E-state index >= 15 is 0 Å². The summed E-state index contributed by atoms with van der Waals surface area (Å²) in [4.78, 5) is 39.8. The fraction of sp³-hybridized carbons (Fsp3) is 0.545. The number of likely N-dealkylation sites (tertiary alicyclic amines) is 1. The number of hydrogen-bond acceptors (Lipinski definition) is 4. The van der Waals surface area contributed by atoms with Crippen molar-refractivity contribution in [3.05, 3.63) is 29.5 Å². The third-order valence-electron chi connectivity index (χ3n) is 6.88. The molecule has 1 aliphatic heterocycles. The number of piperidine rings is 1. The normalized spacial score (nSPS) is 27.9. The van der Waals surface area contributed by atoms with Crippen LogP contribution in [0.1, 0.15) is 48.2 Å². The van der Waals surface area contributed by atoms with Gasteiger partial charge in [-0.1, -0.05) is 12.1 Å². The second-order valence-electron chi connectivity index (χ2n) is 9.17. The summed E-state index contributed by atoms with van der Waals surface area (Å²) in [5, 5.41) is 4.94. The smallest absolute Gasteiger partial charge is 0.269 e. The molecule has 1 saturated heterocycles. The van der Waals surface area contributed by atoms with Gasteiger partial charge in [0.1, 0.15) is 10.9 Å². The molecule has 2 N–H and O–H groups in total. The Kier molecular flexibility index (Phi) is 4.83. The van der Waals surface area contributed by atoms with E-state index in [1.54, 1.807) is 11.0 Å². The standard InChI is InChI=1S/C22H24Cl2N4O3/c1-11-2-4-14-16(6-11)27(26-20(14)21(25)31)10-19(30)28-15-7-12(15)8-17(28)18(29)5-3-13-9-22(13,23)24/h2,4,6,12-13,15,17H,3,5,7-10H2,1H3,(H2,25,31)/t12-,13+,15-,17+/m1/s1. The number of carbonyl (C=O) groups excluding carboxylic acids is 3. The second-order valence-corrected chi connectivity index (χ2v) is 10.7. The van der Waals surface area contributed by atoms with Crippen LogP contribution < -0.4 is 5.73 Å². The van der Waals surface area contributed by atoms with Gasteiger partial charge in [-0.25, -0.2) is 0 Å². The molecular formula is C22H24Cl2N4O3. The van der Waals surface area contributed by atoms with Crippen LogP contribution in [0.3, 0.4) is 0 Å². The molecule has 164 valence electrons. The fourth-order valence-corrected chi connectivity index (χ4v) is 5.56. The molecule has 31 heavy (non-hydrogen) atoms. The van der Waals surface area contributed by atoms with E-state index in [2.05, 4.69) is 5.10 Å². The average Bonchev–Trinajstić information content (AvgIpc) is 3.50. The maximum Gasteiger partial charge on any atom is 0.269 e. The molecule has 2 saturated carbocycles. The molecule has 5 rings (SSSR count). The maximum atomic E-state index is 13.3. The summed E-state index contributed by atoms with van der Waals surface area (Å²) in [5.41, 5.74) is 7.31. The number of benzene rings is 1. The van der Waals surface area contributed by atoms with E-state index < -0.39 is 16.3 Å². The Morgan fingerprint density at radius 3 is 2.68 bits per heavy atom. The van der Waals surface area contributed by atoms with Crippen LogP contribution in [0.4, 0.5) is 0 Å². The van der Waals surface area contributed by atoms with Crippen molar-refractivity contribution in [1.82, 2.24) is 14.7 Å². The van der Waals surface area contributed by atoms with E-state index in [1.165, 1.54) is 4.68 Å². The number of aromatic nitrogens is 2. The van der Waals surface area contributed by atoms with Crippen molar-refractivity contribution in [2.75, 3.05) is 0 Å². The molecule has 3 fully saturated rings. The lowest BCUT2D eigenvalue weighted by molar-refractivity contribution is -0.139. The summed E-state index contributed by atoms with van der Waals surface area (Å²) in [5.74, 6) is -0.148. The van der Waals surface area contributed by atoms with Crippen LogP contribution in [0.2, 0.25) is 0 Å². The highest BCUT2D eigenvalue weighted by Gasteiger charge is 2.56. The molecule has 1 aromatic carbocycles. The number of carbonyl (C=O) groups is 3. The zero-order valence-corrected chi connectivity index (χ0v) is 18.7. The van der Waals surface area contributed by atoms with Gasteiger partial charge in [-0.2, -0.15) is 5.10 Å². The highest BCUT2D eigenvalue weighted by Crippen LogP contribution is 2.55. The van der Waals surface area contributed by atoms with E-state index in [4.69, 9.17) is 28.9 Å². The van der Waals surface area contributed by atoms with Gasteiger partial charge in [0, 0.05) is 17.8 Å². The summed E-state index contributed by atoms with van der Waals surface area (Å²) >= 11 is 12.2. The van der Waals surface area contributed by atoms with Crippen molar-refractivity contribution in [1.29, 1.82) is 0 Å². The predicted octanol–water partition coefficient (Wildman–Crippen LogP) is 2.98. The van der Waals surface area contributed by atoms with Gasteiger partial charge in [0.05, 0.1) is 11.6 Å². The molecule has 0 radical (unpaired) electrons. The topological polar surface area (TPSA) is 98.3 Å². The highest BCUT2D eigenvalue weighted by molar-refractivity contribution is 6.50. The number of nitrogens with two attached hydrogens (primary N) is 1. The van der Waals surface area contributed by atoms with E-state index in [0.717, 1.165) is 24.8 Å². The van der Waals surface area contributed by atoms with E-state index in [9.17, 15) is 14.4 Å². The van der Waals surface area contributed by atoms with E-state index in [0.29, 0.717) is 29.7 Å². The summed E-state index contributed by atoms with van der Waals surface area (Å²) in [6, 6.07) is 5.29. The molecule has 2 heterocycles. The number of fused-ring (bicyclic) bond motifs is 2. The summed E-state index contributed by atoms with van der Waals surface area (Å²) in [6.07, 6.45) is 3.42. The van der Waals surface area contributed by atoms with Gasteiger partial charge < -0.3 is 10.6 Å². The molecule has 2 aliphatic carbocycles. The summed E-state index contributed by atoms with van der Waals surface area (Å²) < 4.78 is 0.840. The van der Waals surface area contributed by atoms with Crippen molar-refractivity contribution in [3.8, 4) is 0 Å². The molecule has 3 aliphatic rings. The summed E-state index contributed by atoms with van der Waals surface area (Å²) in [7, 11) is 0. The zero-order chi connectivity index (χ0) is 22.1. The monoisotopic (exact) mass is 462 g/mol. The Hall–Kier alpha value is -2.12. The lowest BCUT2D eigenvalue weighted by Crippen LogP contribution is -2.44. The quantitative estimate of drug-likeness (QED) is 0.639. The molecule has 7 nitrogen and oxygen atoms in total. The van der Waals surface area contributed by atoms with Crippen molar-refractivity contribution in [2.45, 2.75) is 62.0 Å². The van der Waals surface area contributed by atoms with Gasteiger partial charge in [-0.05, 0) is 56.1 Å². The molecule has 4 atom stereocenters. The Bertz CT molecular complexity index is 1110. The molecule has 2 aromatic rings. The van der Waals surface area contributed by atoms with E-state index in [1.807, 2.05) is 19.1 Å². The minimum absolute atomic E-state index is 0.0324. The van der Waals surface area contributed by atoms with E-state index in [-0.39, 0.29) is 35.9 Å². The first-order valence-corrected chi connectivity index (χ1v) is 11.4. The number of primary amides is 1. The molecule has 0 unspecified atom stereocenters. The van der Waals surface area contributed by atoms with Crippen molar-refractivity contribution in [3.63, 3.8) is 0 Å². The Morgan fingerprint density at radius 1 is 1.26 bits per heavy atom. The number of Topliss-reactive ketones (excluding diaryl/α,β-unsaturated/α-hetero) is 1. The van der Waals surface area contributed by atoms with Crippen LogP contribution in [0, 0.1) is 18.8 Å². The molecular weight excluding hydrogens is 439 g/mol. The van der Waals surface area contributed by atoms with Gasteiger partial charge >= 0.3 is 0 Å². The van der Waals surface area contributed by atoms with Gasteiger partial charge in [-0.15, -0.1) is 23.2 Å². The summed E-state index contributed by atoms with van der Waals surface area (Å²) in [6.45, 7) is 1.90. The number of alkyl halides is 2. The van der Waals surface area contributed by atoms with Crippen molar-refractivity contribution in [2.24, 2.45) is 17.6 Å². The fourth-order valence-electron chi connectivity index (χ4n) is 4.96. The first kappa shape index (κ1) is 20.8. The SMILES string of the molecule is Cc1ccc2c(C(N)=O)nn(CC(=O)N3[C@@H]4C[C@@H]4C[C@H]3C(=O)CC[C@H]3CC3(Cl)Cl)c2c1. The van der Waals surface area contributed by atoms with Crippen LogP contribution in [-0.4, -0.2) is 48.7 Å². The highest BCUT2D eigenvalue weighted by atomic mass is 35.5. The van der Waals surface area contributed by atoms with Crippen molar-refractivity contribution < 1.29 is 14.4 Å². The van der Waals surface area contributed by atoms with Gasteiger partial charge in [0.2, 0.25) is 5.91 Å². The first-order valence-electron chi connectivity index (χ1n) is 10.6. The van der Waals surface area contributed by atoms with Gasteiger partial charge in [0.25, 0.3) is 5.91 Å². The average molecular weight is 463 g/mol. The second kappa shape index (κ2) is 7.20. The molecule has 1 aromatic heterocycles. The predicted molar refractivity (Wildman–Crippen MR) is 117 cm³/mol. The first-order chi connectivity index (χ1) is 14.7. The van der Waals surface area contributed by atoms with Gasteiger partial charge in [0.15, 0.2) is 11.5 Å². The number of amides is 2. The van der Waals surface area contributed by atoms with Crippen LogP contribution in [0.5, 0.6) is 0 Å². The molecule has 2 amide bonds. The Balaban J connectivity index is 1.34. The minimum Gasteiger partial charge on any atom is -0.364 e. The van der Waals surface area contributed by atoms with Crippen LogP contribution in [0.15, 0.2) is 18.2 Å². The van der Waals surface area contributed by atoms with Crippen LogP contribution in [0.25, 0.3) is 10.9 Å². The number of nitrogens with zero attached hydrogens (tertiary/aromatic N) is 3. The maximum absolute atomic E-state index is 13.3. The van der Waals surface area contributed by atoms with Crippen molar-refractivity contribution >= 4 is 51.7 Å². The lowest BCUT2D eigenvalue weighted by atomic mass is 10.0. The number of halogens is 2. The molecule has 9 heteroatoms. The van der Waals surface area contributed by atoms with Crippen LogP contribution >= 0.6 is 23.2 Å². The van der Waals surface area contributed by atoms with Gasteiger partial charge in [-0.3, -0.25) is 19.1 Å². The Labute approximate surface area is 189 Å². The molecule has 0 spiro atoms. The number of hydrogen-bond donors (Lipinski definition) is 1. The van der Waals surface area contributed by atoms with Crippen LogP contribution in [-0.2, 0) is 16.1 Å². The zero-order valence-electron chi connectivity index (χ0n) is 17.2. The minimum atomic E-state index is -0.689. The third-order valence-corrected chi connectivity index (χ3v) is 7.81. The largest absolute Gasteiger partial charge is 0.364 e. The molecule has 0 bridgehead atoms. The number of rotatable bonds is 7. The third kappa shape index (κ3) is 3.72. The number of aryl methyl sites for hydroxylation is 1.